The van der Waals surface area contributed by atoms with Crippen molar-refractivity contribution in [1.82, 2.24) is 5.32 Å². The third-order valence-electron chi connectivity index (χ3n) is 3.18. The molecule has 0 bridgehead atoms. The lowest BCUT2D eigenvalue weighted by Crippen LogP contribution is -2.31. The molecule has 1 unspecified atom stereocenters. The molecule has 6 heteroatoms. The van der Waals surface area contributed by atoms with E-state index in [1.54, 1.807) is 0 Å². The topological polar surface area (TPSA) is 38.3 Å². The minimum atomic E-state index is -2.43. The Kier molecular flexibility index (Phi) is 5.48. The fraction of sp³-hybridized carbons (Fsp3) is 0.500. The zero-order valence-corrected chi connectivity index (χ0v) is 12.5. The van der Waals surface area contributed by atoms with Gasteiger partial charge in [-0.05, 0) is 30.0 Å². The summed E-state index contributed by atoms with van der Waals surface area (Å²) in [7, 11) is 0. The summed E-state index contributed by atoms with van der Waals surface area (Å²) in [5, 5.41) is 2.81. The van der Waals surface area contributed by atoms with Crippen molar-refractivity contribution in [2.24, 2.45) is 0 Å². The number of hydrogen-bond donors (Lipinski definition) is 1. The van der Waals surface area contributed by atoms with Crippen molar-refractivity contribution in [2.45, 2.75) is 24.1 Å². The van der Waals surface area contributed by atoms with Crippen molar-refractivity contribution >= 4 is 21.8 Å². The number of hydrogen-bond acceptors (Lipinski definition) is 2. The second-order valence-corrected chi connectivity index (χ2v) is 5.75. The molecule has 0 radical (unpaired) electrons. The van der Waals surface area contributed by atoms with E-state index in [1.807, 2.05) is 18.2 Å². The molecule has 1 atom stereocenters. The molecule has 3 nitrogen and oxygen atoms in total. The quantitative estimate of drug-likeness (QED) is 0.634. The highest BCUT2D eigenvalue weighted by molar-refractivity contribution is 9.09. The Morgan fingerprint density at radius 1 is 1.40 bits per heavy atom. The lowest BCUT2D eigenvalue weighted by Gasteiger charge is -2.19. The van der Waals surface area contributed by atoms with Crippen LogP contribution in [0, 0.1) is 0 Å². The maximum Gasteiger partial charge on any atom is 0.261 e. The fourth-order valence-electron chi connectivity index (χ4n) is 2.15. The van der Waals surface area contributed by atoms with Crippen LogP contribution in [0.2, 0.25) is 0 Å². The van der Waals surface area contributed by atoms with Gasteiger partial charge in [0.1, 0.15) is 6.61 Å². The second kappa shape index (κ2) is 7.13. The summed E-state index contributed by atoms with van der Waals surface area (Å²) in [6.45, 7) is 0.389. The van der Waals surface area contributed by atoms with Crippen LogP contribution in [0.4, 0.5) is 8.78 Å². The van der Waals surface area contributed by atoms with Gasteiger partial charge in [-0.3, -0.25) is 4.79 Å². The predicted molar refractivity (Wildman–Crippen MR) is 75.6 cm³/mol. The Balaban J connectivity index is 1.95. The summed E-state index contributed by atoms with van der Waals surface area (Å²) < 4.78 is 28.7. The van der Waals surface area contributed by atoms with E-state index in [4.69, 9.17) is 4.74 Å². The van der Waals surface area contributed by atoms with Crippen molar-refractivity contribution in [3.8, 4) is 0 Å². The molecule has 1 heterocycles. The molecule has 2 rings (SSSR count). The van der Waals surface area contributed by atoms with Gasteiger partial charge in [-0.25, -0.2) is 8.78 Å². The van der Waals surface area contributed by atoms with Gasteiger partial charge >= 0.3 is 0 Å². The number of fused-ring (bicyclic) bond motifs is 1. The molecule has 1 N–H and O–H groups in total. The number of nitrogens with one attached hydrogen (secondary N) is 1. The van der Waals surface area contributed by atoms with Crippen LogP contribution < -0.4 is 5.32 Å². The van der Waals surface area contributed by atoms with Gasteiger partial charge in [-0.2, -0.15) is 0 Å². The average molecular weight is 348 g/mol. The molecule has 110 valence electrons. The van der Waals surface area contributed by atoms with E-state index in [0.717, 1.165) is 17.5 Å². The van der Waals surface area contributed by atoms with Gasteiger partial charge in [-0.1, -0.05) is 28.1 Å². The van der Waals surface area contributed by atoms with Gasteiger partial charge in [0, 0.05) is 23.5 Å². The summed E-state index contributed by atoms with van der Waals surface area (Å²) in [4.78, 5) is 11.7. The zero-order chi connectivity index (χ0) is 14.5. The monoisotopic (exact) mass is 347 g/mol. The van der Waals surface area contributed by atoms with E-state index >= 15 is 0 Å². The van der Waals surface area contributed by atoms with Crippen molar-refractivity contribution in [3.63, 3.8) is 0 Å². The maximum absolute atomic E-state index is 11.9. The zero-order valence-electron chi connectivity index (χ0n) is 10.9. The number of rotatable bonds is 6. The predicted octanol–water partition coefficient (Wildman–Crippen LogP) is 3.08. The average Bonchev–Trinajstić information content (AvgIpc) is 2.43. The molecule has 0 spiro atoms. The summed E-state index contributed by atoms with van der Waals surface area (Å²) >= 11 is 3.50. The highest BCUT2D eigenvalue weighted by atomic mass is 79.9. The lowest BCUT2D eigenvalue weighted by molar-refractivity contribution is 0.0167. The van der Waals surface area contributed by atoms with Gasteiger partial charge in [0.25, 0.3) is 12.3 Å². The van der Waals surface area contributed by atoms with Gasteiger partial charge in [0.05, 0.1) is 0 Å². The molecular formula is C14H16BrF2NO2. The standard InChI is InChI=1S/C14H16BrF2NO2/c15-12(4-6-20-8-13(16)17)10-2-1-9-3-5-18-14(19)11(9)7-10/h1-2,7,12-13H,3-6,8H2,(H,18,19). The molecule has 0 fully saturated rings. The third-order valence-corrected chi connectivity index (χ3v) is 4.17. The smallest absolute Gasteiger partial charge is 0.261 e. The minimum Gasteiger partial charge on any atom is -0.375 e. The Bertz CT molecular complexity index is 482. The van der Waals surface area contributed by atoms with Crippen LogP contribution in [0.1, 0.15) is 32.7 Å². The number of amides is 1. The van der Waals surface area contributed by atoms with Crippen LogP contribution in [-0.2, 0) is 11.2 Å². The van der Waals surface area contributed by atoms with Crippen LogP contribution in [0.25, 0.3) is 0 Å². The first kappa shape index (κ1) is 15.4. The van der Waals surface area contributed by atoms with E-state index in [2.05, 4.69) is 21.2 Å². The molecule has 0 saturated carbocycles. The summed E-state index contributed by atoms with van der Waals surface area (Å²) in [5.41, 5.74) is 2.71. The number of carbonyl (C=O) groups excluding carboxylic acids is 1. The first-order valence-electron chi connectivity index (χ1n) is 6.49. The number of ether oxygens (including phenoxy) is 1. The van der Waals surface area contributed by atoms with Crippen molar-refractivity contribution in [3.05, 3.63) is 34.9 Å². The summed E-state index contributed by atoms with van der Waals surface area (Å²) in [5.74, 6) is -0.0539. The van der Waals surface area contributed by atoms with Crippen LogP contribution in [-0.4, -0.2) is 32.1 Å². The minimum absolute atomic E-state index is 0.0137. The summed E-state index contributed by atoms with van der Waals surface area (Å²) in [6.07, 6.45) is -1.02. The fourth-order valence-corrected chi connectivity index (χ4v) is 2.62. The van der Waals surface area contributed by atoms with Gasteiger partial charge in [-0.15, -0.1) is 0 Å². The first-order valence-corrected chi connectivity index (χ1v) is 7.40. The normalized spacial score (nSPS) is 15.9. The van der Waals surface area contributed by atoms with Crippen molar-refractivity contribution < 1.29 is 18.3 Å². The number of alkyl halides is 3. The summed E-state index contributed by atoms with van der Waals surface area (Å²) in [6, 6.07) is 5.78. The largest absolute Gasteiger partial charge is 0.375 e. The van der Waals surface area contributed by atoms with Gasteiger partial charge < -0.3 is 10.1 Å². The van der Waals surface area contributed by atoms with Crippen LogP contribution in [0.5, 0.6) is 0 Å². The molecular weight excluding hydrogens is 332 g/mol. The highest BCUT2D eigenvalue weighted by Crippen LogP contribution is 2.29. The lowest BCUT2D eigenvalue weighted by atomic mass is 9.96. The Morgan fingerprint density at radius 3 is 2.95 bits per heavy atom. The molecule has 1 aliphatic heterocycles. The SMILES string of the molecule is O=C1NCCc2ccc(C(Br)CCOCC(F)F)cc21. The Morgan fingerprint density at radius 2 is 2.20 bits per heavy atom. The highest BCUT2D eigenvalue weighted by Gasteiger charge is 2.18. The Labute approximate surface area is 124 Å². The van der Waals surface area contributed by atoms with E-state index in [1.165, 1.54) is 0 Å². The molecule has 0 aliphatic carbocycles. The van der Waals surface area contributed by atoms with E-state index in [9.17, 15) is 13.6 Å². The molecule has 20 heavy (non-hydrogen) atoms. The molecule has 0 saturated heterocycles. The van der Waals surface area contributed by atoms with Crippen molar-refractivity contribution in [1.29, 1.82) is 0 Å². The van der Waals surface area contributed by atoms with E-state index < -0.39 is 13.0 Å². The number of carbonyl (C=O) groups is 1. The van der Waals surface area contributed by atoms with Crippen molar-refractivity contribution in [2.75, 3.05) is 19.8 Å². The number of benzene rings is 1. The maximum atomic E-state index is 11.9. The van der Waals surface area contributed by atoms with Gasteiger partial charge in [0.2, 0.25) is 0 Å². The first-order chi connectivity index (χ1) is 9.58. The molecule has 1 aromatic carbocycles. The third kappa shape index (κ3) is 3.99. The number of halogens is 3. The molecule has 0 aromatic heterocycles. The van der Waals surface area contributed by atoms with E-state index in [0.29, 0.717) is 18.5 Å². The molecule has 1 amide bonds. The van der Waals surface area contributed by atoms with Crippen LogP contribution >= 0.6 is 15.9 Å². The van der Waals surface area contributed by atoms with E-state index in [-0.39, 0.29) is 17.3 Å². The van der Waals surface area contributed by atoms with Gasteiger partial charge in [0.15, 0.2) is 0 Å². The van der Waals surface area contributed by atoms with Crippen LogP contribution in [0.3, 0.4) is 0 Å². The van der Waals surface area contributed by atoms with Crippen LogP contribution in [0.15, 0.2) is 18.2 Å². The second-order valence-electron chi connectivity index (χ2n) is 4.64. The molecule has 1 aliphatic rings. The Hall–Kier alpha value is -1.01. The molecule has 1 aromatic rings.